The summed E-state index contributed by atoms with van der Waals surface area (Å²) in [6.45, 7) is 0. The lowest BCUT2D eigenvalue weighted by Crippen LogP contribution is -2.39. The highest BCUT2D eigenvalue weighted by atomic mass is 19.3. The van der Waals surface area contributed by atoms with E-state index >= 15 is 0 Å². The van der Waals surface area contributed by atoms with E-state index in [1.807, 2.05) is 0 Å². The van der Waals surface area contributed by atoms with E-state index in [4.69, 9.17) is 9.61 Å². The molecule has 2 atom stereocenters. The topological polar surface area (TPSA) is 148 Å². The third kappa shape index (κ3) is 6.34. The van der Waals surface area contributed by atoms with E-state index in [2.05, 4.69) is 26.0 Å². The number of aromatic nitrogens is 5. The molecule has 3 N–H and O–H groups in total. The van der Waals surface area contributed by atoms with Crippen molar-refractivity contribution >= 4 is 17.5 Å². The molecule has 0 radical (unpaired) electrons. The standard InChI is InChI=1S/C31H37F4N7O4/c32-30(33)9-5-19(6-10-30)25(39-28(44)26-27(41-46-40-26)29(45)7-1-2-8-29)21-16-42-22(37-21)12-20(15-36-42)24(18-3-4-18)38-23(43)11-17-13-31(34,35)14-17/h12,15-19,24-25,45H,1-11,13-14H2,(H,38,43)(H,39,44)/t24-,25+/m1/s1. The first kappa shape index (κ1) is 31.0. The molecule has 4 fully saturated rings. The molecule has 15 heteroatoms. The summed E-state index contributed by atoms with van der Waals surface area (Å²) >= 11 is 0. The summed E-state index contributed by atoms with van der Waals surface area (Å²) in [4.78, 5) is 31.1. The van der Waals surface area contributed by atoms with Gasteiger partial charge < -0.3 is 15.7 Å². The maximum atomic E-state index is 14.1. The van der Waals surface area contributed by atoms with Gasteiger partial charge in [0.05, 0.1) is 30.2 Å². The summed E-state index contributed by atoms with van der Waals surface area (Å²) in [6, 6.07) is 0.679. The fourth-order valence-electron chi connectivity index (χ4n) is 7.43. The average Bonchev–Trinajstić information content (AvgIpc) is 3.34. The van der Waals surface area contributed by atoms with E-state index in [-0.39, 0.29) is 86.0 Å². The van der Waals surface area contributed by atoms with Crippen molar-refractivity contribution in [2.75, 3.05) is 0 Å². The number of hydrogen-bond acceptors (Lipinski definition) is 8. The van der Waals surface area contributed by atoms with Gasteiger partial charge in [0.25, 0.3) is 5.91 Å². The predicted molar refractivity (Wildman–Crippen MR) is 153 cm³/mol. The fraction of sp³-hybridized carbons (Fsp3) is 0.677. The number of carbonyl (C=O) groups excluding carboxylic acids is 2. The van der Waals surface area contributed by atoms with Gasteiger partial charge in [-0.3, -0.25) is 9.59 Å². The molecule has 4 saturated carbocycles. The zero-order valence-corrected chi connectivity index (χ0v) is 25.2. The molecule has 3 aromatic rings. The number of fused-ring (bicyclic) bond motifs is 1. The molecule has 11 nitrogen and oxygen atoms in total. The molecule has 46 heavy (non-hydrogen) atoms. The first-order valence-electron chi connectivity index (χ1n) is 16.1. The zero-order chi connectivity index (χ0) is 32.3. The Balaban J connectivity index is 1.13. The Labute approximate surface area is 261 Å². The molecular formula is C31H37F4N7O4. The van der Waals surface area contributed by atoms with Crippen molar-refractivity contribution < 1.29 is 36.9 Å². The predicted octanol–water partition coefficient (Wildman–Crippen LogP) is 5.17. The van der Waals surface area contributed by atoms with Gasteiger partial charge in [0.2, 0.25) is 17.8 Å². The normalized spacial score (nSPS) is 23.9. The summed E-state index contributed by atoms with van der Waals surface area (Å²) in [6.07, 6.45) is 6.63. The quantitative estimate of drug-likeness (QED) is 0.255. The number of hydrogen-bond donors (Lipinski definition) is 3. The number of nitrogens with one attached hydrogen (secondary N) is 2. The third-order valence-corrected chi connectivity index (χ3v) is 10.2. The van der Waals surface area contributed by atoms with E-state index in [0.717, 1.165) is 31.2 Å². The number of nitrogens with zero attached hydrogens (tertiary/aromatic N) is 5. The molecule has 0 spiro atoms. The first-order chi connectivity index (χ1) is 21.9. The summed E-state index contributed by atoms with van der Waals surface area (Å²) < 4.78 is 61.2. The Morgan fingerprint density at radius 2 is 1.65 bits per heavy atom. The summed E-state index contributed by atoms with van der Waals surface area (Å²) in [5.41, 5.74) is 0.180. The third-order valence-electron chi connectivity index (χ3n) is 10.2. The molecule has 3 aromatic heterocycles. The molecule has 0 saturated heterocycles. The Bertz CT molecular complexity index is 1600. The second kappa shape index (κ2) is 11.6. The van der Waals surface area contributed by atoms with E-state index in [0.29, 0.717) is 24.2 Å². The van der Waals surface area contributed by atoms with Crippen LogP contribution in [-0.2, 0) is 10.4 Å². The zero-order valence-electron chi connectivity index (χ0n) is 25.2. The van der Waals surface area contributed by atoms with Crippen LogP contribution >= 0.6 is 0 Å². The van der Waals surface area contributed by atoms with Crippen LogP contribution in [-0.4, -0.2) is 53.7 Å². The number of amides is 2. The second-order valence-electron chi connectivity index (χ2n) is 13.8. The number of alkyl halides is 4. The van der Waals surface area contributed by atoms with Gasteiger partial charge in [-0.05, 0) is 73.1 Å². The molecule has 248 valence electrons. The molecule has 4 aliphatic carbocycles. The van der Waals surface area contributed by atoms with Crippen molar-refractivity contribution in [3.8, 4) is 0 Å². The van der Waals surface area contributed by atoms with Crippen molar-refractivity contribution in [3.63, 3.8) is 0 Å². The number of carbonyl (C=O) groups is 2. The minimum absolute atomic E-state index is 0.0456. The summed E-state index contributed by atoms with van der Waals surface area (Å²) in [5, 5.41) is 29.2. The van der Waals surface area contributed by atoms with Crippen molar-refractivity contribution in [2.45, 2.75) is 113 Å². The van der Waals surface area contributed by atoms with Crippen LogP contribution in [0.15, 0.2) is 23.1 Å². The fourth-order valence-corrected chi connectivity index (χ4v) is 7.43. The van der Waals surface area contributed by atoms with Crippen LogP contribution in [0.1, 0.15) is 123 Å². The molecule has 2 amide bonds. The van der Waals surface area contributed by atoms with Gasteiger partial charge in [-0.25, -0.2) is 31.7 Å². The molecule has 7 rings (SSSR count). The number of rotatable bonds is 10. The molecule has 3 heterocycles. The Hall–Kier alpha value is -3.62. The van der Waals surface area contributed by atoms with E-state index in [1.54, 1.807) is 18.5 Å². The molecule has 0 aromatic carbocycles. The number of aliphatic hydroxyl groups is 1. The average molecular weight is 648 g/mol. The van der Waals surface area contributed by atoms with Crippen LogP contribution in [0.25, 0.3) is 5.65 Å². The molecule has 4 aliphatic rings. The van der Waals surface area contributed by atoms with E-state index < -0.39 is 29.4 Å². The minimum atomic E-state index is -2.78. The van der Waals surface area contributed by atoms with Gasteiger partial charge in [-0.15, -0.1) is 0 Å². The van der Waals surface area contributed by atoms with Crippen molar-refractivity contribution in [2.24, 2.45) is 17.8 Å². The second-order valence-corrected chi connectivity index (χ2v) is 13.8. The van der Waals surface area contributed by atoms with Gasteiger partial charge in [-0.1, -0.05) is 18.0 Å². The monoisotopic (exact) mass is 647 g/mol. The van der Waals surface area contributed by atoms with Crippen LogP contribution in [0.3, 0.4) is 0 Å². The van der Waals surface area contributed by atoms with Gasteiger partial charge in [-0.2, -0.15) is 5.10 Å². The number of halogens is 4. The van der Waals surface area contributed by atoms with Crippen LogP contribution in [0.2, 0.25) is 0 Å². The highest BCUT2D eigenvalue weighted by molar-refractivity contribution is 5.93. The molecular weight excluding hydrogens is 610 g/mol. The highest BCUT2D eigenvalue weighted by Gasteiger charge is 2.46. The lowest BCUT2D eigenvalue weighted by molar-refractivity contribution is -0.134. The molecule has 0 unspecified atom stereocenters. The first-order valence-corrected chi connectivity index (χ1v) is 16.1. The Kier molecular flexibility index (Phi) is 7.80. The van der Waals surface area contributed by atoms with Crippen LogP contribution in [0.5, 0.6) is 0 Å². The Morgan fingerprint density at radius 1 is 0.957 bits per heavy atom. The Morgan fingerprint density at radius 3 is 2.33 bits per heavy atom. The van der Waals surface area contributed by atoms with Gasteiger partial charge >= 0.3 is 0 Å². The largest absolute Gasteiger partial charge is 0.383 e. The van der Waals surface area contributed by atoms with Crippen LogP contribution < -0.4 is 10.6 Å². The molecule has 0 bridgehead atoms. The van der Waals surface area contributed by atoms with Crippen LogP contribution in [0, 0.1) is 17.8 Å². The summed E-state index contributed by atoms with van der Waals surface area (Å²) in [5.74, 6) is -6.88. The van der Waals surface area contributed by atoms with Crippen molar-refractivity contribution in [1.29, 1.82) is 0 Å². The van der Waals surface area contributed by atoms with E-state index in [9.17, 15) is 32.3 Å². The smallest absolute Gasteiger partial charge is 0.276 e. The lowest BCUT2D eigenvalue weighted by atomic mass is 9.79. The van der Waals surface area contributed by atoms with Gasteiger partial charge in [0.1, 0.15) is 11.3 Å². The maximum Gasteiger partial charge on any atom is 0.276 e. The highest BCUT2D eigenvalue weighted by Crippen LogP contribution is 2.46. The summed E-state index contributed by atoms with van der Waals surface area (Å²) in [7, 11) is 0. The minimum Gasteiger partial charge on any atom is -0.383 e. The molecule has 0 aliphatic heterocycles. The van der Waals surface area contributed by atoms with Gasteiger partial charge in [0, 0.05) is 32.1 Å². The number of imidazole rings is 1. The maximum absolute atomic E-state index is 14.1. The lowest BCUT2D eigenvalue weighted by Gasteiger charge is -2.34. The van der Waals surface area contributed by atoms with Crippen LogP contribution in [0.4, 0.5) is 17.6 Å². The van der Waals surface area contributed by atoms with Crippen molar-refractivity contribution in [1.82, 2.24) is 35.5 Å². The van der Waals surface area contributed by atoms with Gasteiger partial charge in [0.15, 0.2) is 11.3 Å². The van der Waals surface area contributed by atoms with Crippen molar-refractivity contribution in [3.05, 3.63) is 41.1 Å². The van der Waals surface area contributed by atoms with E-state index in [1.165, 1.54) is 4.52 Å². The SMILES string of the molecule is O=C(CC1CC(F)(F)C1)N[C@@H](c1cnn2cc([C@@H](NC(=O)c3nonc3C3(O)CCCC3)C3CCC(F)(F)CC3)nc2c1)C1CC1.